The molecule has 1 saturated heterocycles. The number of hydrogen-bond donors (Lipinski definition) is 1. The summed E-state index contributed by atoms with van der Waals surface area (Å²) in [5, 5.41) is 15.3. The van der Waals surface area contributed by atoms with Gasteiger partial charge in [0.05, 0.1) is 6.57 Å². The number of fused-ring (bicyclic) bond motifs is 1. The van der Waals surface area contributed by atoms with Crippen molar-refractivity contribution in [2.24, 2.45) is 5.92 Å². The first-order chi connectivity index (χ1) is 14.5. The molecule has 5 nitrogen and oxygen atoms in total. The van der Waals surface area contributed by atoms with Gasteiger partial charge in [-0.25, -0.2) is 4.85 Å². The van der Waals surface area contributed by atoms with Crippen LogP contribution in [0.1, 0.15) is 30.9 Å². The highest BCUT2D eigenvalue weighted by Crippen LogP contribution is 2.33. The van der Waals surface area contributed by atoms with Gasteiger partial charge in [0, 0.05) is 35.4 Å². The topological polar surface area (TPSA) is 45.4 Å². The third-order valence-electron chi connectivity index (χ3n) is 5.90. The number of benzene rings is 2. The molecular weight excluding hydrogens is 394 g/mol. The molecule has 1 aromatic heterocycles. The highest BCUT2D eigenvalue weighted by atomic mass is 35.5. The fourth-order valence-electron chi connectivity index (χ4n) is 3.90. The van der Waals surface area contributed by atoms with Gasteiger partial charge in [0.1, 0.15) is 0 Å². The molecule has 6 heteroatoms. The van der Waals surface area contributed by atoms with Crippen LogP contribution in [0.15, 0.2) is 36.4 Å². The van der Waals surface area contributed by atoms with Gasteiger partial charge in [0.2, 0.25) is 0 Å². The third kappa shape index (κ3) is 4.34. The highest BCUT2D eigenvalue weighted by Gasteiger charge is 2.20. The molecule has 0 unspecified atom stereocenters. The zero-order valence-corrected chi connectivity index (χ0v) is 18.2. The van der Waals surface area contributed by atoms with Gasteiger partial charge in [0.25, 0.3) is 0 Å². The van der Waals surface area contributed by atoms with Gasteiger partial charge >= 0.3 is 0 Å². The lowest BCUT2D eigenvalue weighted by atomic mass is 9.99. The Morgan fingerprint density at radius 1 is 1.13 bits per heavy atom. The Kier molecular flexibility index (Phi) is 6.06. The van der Waals surface area contributed by atoms with Crippen LogP contribution in [-0.4, -0.2) is 29.8 Å². The summed E-state index contributed by atoms with van der Waals surface area (Å²) < 4.78 is 0. The second-order valence-corrected chi connectivity index (χ2v) is 8.55. The van der Waals surface area contributed by atoms with Crippen molar-refractivity contribution < 1.29 is 0 Å². The van der Waals surface area contributed by atoms with Crippen molar-refractivity contribution in [1.29, 1.82) is 0 Å². The van der Waals surface area contributed by atoms with Crippen LogP contribution in [0.3, 0.4) is 0 Å². The Morgan fingerprint density at radius 2 is 1.93 bits per heavy atom. The molecule has 2 aromatic carbocycles. The number of halogens is 1. The van der Waals surface area contributed by atoms with Gasteiger partial charge < -0.3 is 10.2 Å². The third-order valence-corrected chi connectivity index (χ3v) is 6.31. The van der Waals surface area contributed by atoms with Crippen LogP contribution in [0.25, 0.3) is 15.6 Å². The molecule has 3 aromatic rings. The summed E-state index contributed by atoms with van der Waals surface area (Å²) in [5.41, 5.74) is 2.87. The quantitative estimate of drug-likeness (QED) is 0.512. The van der Waals surface area contributed by atoms with E-state index in [1.807, 2.05) is 37.3 Å². The minimum atomic E-state index is 0.613. The minimum absolute atomic E-state index is 0.613. The first-order valence-corrected chi connectivity index (χ1v) is 10.8. The smallest absolute Gasteiger partial charge is 0.188 e. The molecule has 1 fully saturated rings. The van der Waals surface area contributed by atoms with Crippen molar-refractivity contribution in [1.82, 2.24) is 10.2 Å². The van der Waals surface area contributed by atoms with Gasteiger partial charge in [-0.3, -0.25) is 0 Å². The summed E-state index contributed by atoms with van der Waals surface area (Å²) in [7, 11) is 0. The fourth-order valence-corrected chi connectivity index (χ4v) is 4.10. The summed E-state index contributed by atoms with van der Waals surface area (Å²) in [6.45, 7) is 14.4. The normalized spacial score (nSPS) is 14.7. The molecule has 0 spiro atoms. The number of anilines is 2. The van der Waals surface area contributed by atoms with E-state index in [9.17, 15) is 0 Å². The molecule has 1 aliphatic rings. The van der Waals surface area contributed by atoms with E-state index in [4.69, 9.17) is 18.2 Å². The van der Waals surface area contributed by atoms with Crippen molar-refractivity contribution in [2.45, 2.75) is 33.1 Å². The number of aryl methyl sites for hydroxylation is 1. The molecule has 0 aliphatic carbocycles. The van der Waals surface area contributed by atoms with Crippen LogP contribution in [0.2, 0.25) is 5.02 Å². The Bertz CT molecular complexity index is 1100. The summed E-state index contributed by atoms with van der Waals surface area (Å²) in [5.74, 6) is 2.40. The number of nitrogens with zero attached hydrogens (tertiary/aromatic N) is 4. The molecule has 0 atom stereocenters. The molecular formula is C24H26ClN5. The second-order valence-electron chi connectivity index (χ2n) is 8.14. The molecule has 154 valence electrons. The summed E-state index contributed by atoms with van der Waals surface area (Å²) in [6.07, 6.45) is 3.17. The van der Waals surface area contributed by atoms with Crippen LogP contribution < -0.4 is 10.2 Å². The molecule has 1 aliphatic heterocycles. The maximum atomic E-state index is 7.39. The largest absolute Gasteiger partial charge is 0.368 e. The van der Waals surface area contributed by atoms with E-state index < -0.39 is 0 Å². The number of rotatable bonds is 5. The number of piperidine rings is 1. The Hall–Kier alpha value is -2.84. The molecule has 2 heterocycles. The van der Waals surface area contributed by atoms with Gasteiger partial charge in [-0.1, -0.05) is 42.8 Å². The van der Waals surface area contributed by atoms with E-state index in [0.717, 1.165) is 58.4 Å². The minimum Gasteiger partial charge on any atom is -0.368 e. The van der Waals surface area contributed by atoms with Crippen LogP contribution in [0.5, 0.6) is 0 Å². The molecule has 1 N–H and O–H groups in total. The van der Waals surface area contributed by atoms with E-state index in [1.165, 1.54) is 18.4 Å². The number of aromatic nitrogens is 2. The van der Waals surface area contributed by atoms with E-state index >= 15 is 0 Å². The van der Waals surface area contributed by atoms with Gasteiger partial charge in [-0.15, -0.1) is 10.2 Å². The zero-order chi connectivity index (χ0) is 21.1. The Labute approximate surface area is 182 Å². The van der Waals surface area contributed by atoms with Crippen LogP contribution >= 0.6 is 11.6 Å². The van der Waals surface area contributed by atoms with Crippen LogP contribution in [0.4, 0.5) is 17.3 Å². The predicted octanol–water partition coefficient (Wildman–Crippen LogP) is 6.03. The van der Waals surface area contributed by atoms with E-state index in [2.05, 4.69) is 38.2 Å². The van der Waals surface area contributed by atoms with Crippen molar-refractivity contribution >= 4 is 39.7 Å². The lowest BCUT2D eigenvalue weighted by Crippen LogP contribution is -2.33. The van der Waals surface area contributed by atoms with E-state index in [1.54, 1.807) is 0 Å². The van der Waals surface area contributed by atoms with Gasteiger partial charge in [-0.2, -0.15) is 0 Å². The highest BCUT2D eigenvalue weighted by molar-refractivity contribution is 6.31. The molecule has 0 amide bonds. The second kappa shape index (κ2) is 8.89. The maximum Gasteiger partial charge on any atom is 0.188 e. The van der Waals surface area contributed by atoms with Gasteiger partial charge in [0.15, 0.2) is 17.3 Å². The summed E-state index contributed by atoms with van der Waals surface area (Å²) >= 11 is 6.25. The lowest BCUT2D eigenvalue weighted by molar-refractivity contribution is 0.436. The Balaban J connectivity index is 1.59. The monoisotopic (exact) mass is 419 g/mol. The average molecular weight is 420 g/mol. The lowest BCUT2D eigenvalue weighted by Gasteiger charge is -2.31. The molecule has 0 bridgehead atoms. The van der Waals surface area contributed by atoms with Crippen molar-refractivity contribution in [2.75, 3.05) is 29.9 Å². The summed E-state index contributed by atoms with van der Waals surface area (Å²) in [4.78, 5) is 5.93. The molecule has 4 rings (SSSR count). The molecule has 30 heavy (non-hydrogen) atoms. The Morgan fingerprint density at radius 3 is 2.67 bits per heavy atom. The fraction of sp³-hybridized carbons (Fsp3) is 0.375. The first kappa shape index (κ1) is 20.4. The zero-order valence-electron chi connectivity index (χ0n) is 17.5. The van der Waals surface area contributed by atoms with Crippen LogP contribution in [0, 0.1) is 19.4 Å². The standard InChI is InChI=1S/C24H26ClN5/c1-16-9-12-30(13-10-16)24-20-7-6-19(26-3)15-21(20)23(28-29-24)27-11-8-18-5-4-17(2)22(25)14-18/h4-7,14-16H,8-13H2,1-2H3,(H,27,28). The van der Waals surface area contributed by atoms with Gasteiger partial charge in [-0.05, 0) is 55.4 Å². The first-order valence-electron chi connectivity index (χ1n) is 10.5. The SMILES string of the molecule is [C-]#[N+]c1ccc2c(N3CCC(C)CC3)nnc(NCCc3ccc(C)c(Cl)c3)c2c1. The summed E-state index contributed by atoms with van der Waals surface area (Å²) in [6, 6.07) is 12.0. The van der Waals surface area contributed by atoms with E-state index in [-0.39, 0.29) is 0 Å². The number of hydrogen-bond acceptors (Lipinski definition) is 4. The van der Waals surface area contributed by atoms with Crippen molar-refractivity contribution in [3.05, 3.63) is 64.0 Å². The average Bonchev–Trinajstić information content (AvgIpc) is 2.76. The predicted molar refractivity (Wildman–Crippen MR) is 125 cm³/mol. The van der Waals surface area contributed by atoms with Crippen LogP contribution in [-0.2, 0) is 6.42 Å². The molecule has 0 saturated carbocycles. The van der Waals surface area contributed by atoms with Crippen molar-refractivity contribution in [3.8, 4) is 0 Å². The van der Waals surface area contributed by atoms with Crippen molar-refractivity contribution in [3.63, 3.8) is 0 Å². The maximum absolute atomic E-state index is 7.39. The number of nitrogens with one attached hydrogen (secondary N) is 1. The van der Waals surface area contributed by atoms with E-state index in [0.29, 0.717) is 12.2 Å². The molecule has 0 radical (unpaired) electrons.